The van der Waals surface area contributed by atoms with Gasteiger partial charge in [0, 0.05) is 54.6 Å². The van der Waals surface area contributed by atoms with Gasteiger partial charge in [0.1, 0.15) is 11.3 Å². The zero-order chi connectivity index (χ0) is 35.5. The van der Waals surface area contributed by atoms with Crippen molar-refractivity contribution in [1.82, 2.24) is 9.97 Å². The molecule has 0 atom stereocenters. The molecule has 5 aromatic carbocycles. The first kappa shape index (κ1) is 36.4. The van der Waals surface area contributed by atoms with Crippen LogP contribution in [0.5, 0.6) is 0 Å². The Bertz CT molecular complexity index is 2400. The van der Waals surface area contributed by atoms with E-state index in [1.54, 1.807) is 0 Å². The number of hydrogen-bond donors (Lipinski definition) is 0. The summed E-state index contributed by atoms with van der Waals surface area (Å²) >= 11 is 0. The molecule has 0 spiro atoms. The molecule has 8 aromatic rings. The van der Waals surface area contributed by atoms with Crippen molar-refractivity contribution in [3.8, 4) is 56.1 Å². The quantitative estimate of drug-likeness (QED) is 0.162. The molecular formula is C48H40IrN2O-2. The minimum atomic E-state index is 0. The summed E-state index contributed by atoms with van der Waals surface area (Å²) in [6.07, 6.45) is 3.85. The van der Waals surface area contributed by atoms with Crippen LogP contribution in [0.3, 0.4) is 0 Å². The third-order valence-corrected chi connectivity index (χ3v) is 9.56. The Morgan fingerprint density at radius 1 is 0.519 bits per heavy atom. The zero-order valence-electron chi connectivity index (χ0n) is 30.3. The molecule has 3 aromatic heterocycles. The second-order valence-corrected chi connectivity index (χ2v) is 13.2. The molecule has 0 unspecified atom stereocenters. The van der Waals surface area contributed by atoms with E-state index in [9.17, 15) is 0 Å². The second kappa shape index (κ2) is 15.9. The Balaban J connectivity index is 0.000000260. The van der Waals surface area contributed by atoms with E-state index < -0.39 is 0 Å². The summed E-state index contributed by atoms with van der Waals surface area (Å²) in [6.45, 7) is 12.7. The topological polar surface area (TPSA) is 38.9 Å². The van der Waals surface area contributed by atoms with Gasteiger partial charge >= 0.3 is 0 Å². The summed E-state index contributed by atoms with van der Waals surface area (Å²) in [5.41, 5.74) is 17.9. The third kappa shape index (κ3) is 7.60. The number of pyridine rings is 2. The van der Waals surface area contributed by atoms with Gasteiger partial charge < -0.3 is 14.4 Å². The third-order valence-electron chi connectivity index (χ3n) is 9.56. The number of aromatic nitrogens is 2. The number of hydrogen-bond acceptors (Lipinski definition) is 3. The van der Waals surface area contributed by atoms with E-state index in [2.05, 4.69) is 137 Å². The maximum absolute atomic E-state index is 6.43. The summed E-state index contributed by atoms with van der Waals surface area (Å²) in [5.74, 6) is 0.940. The summed E-state index contributed by atoms with van der Waals surface area (Å²) < 4.78 is 6.43. The van der Waals surface area contributed by atoms with Crippen molar-refractivity contribution in [2.75, 3.05) is 0 Å². The van der Waals surface area contributed by atoms with Crippen LogP contribution in [0.1, 0.15) is 33.4 Å². The Hall–Kier alpha value is -5.41. The van der Waals surface area contributed by atoms with Crippen molar-refractivity contribution in [2.45, 2.75) is 41.5 Å². The van der Waals surface area contributed by atoms with E-state index in [4.69, 9.17) is 9.40 Å². The Labute approximate surface area is 320 Å². The summed E-state index contributed by atoms with van der Waals surface area (Å²) in [5, 5.41) is 1.16. The standard InChI is InChI=1S/C35H28NO.C13H12N.Ir/c1-22-18-33(36-21-32(22)26-12-7-5-8-13-26)29-17-11-16-28(19-29)30-20-31-25(4)34(27-14-9-6-10-15-27)37-35(31)24(3)23(30)2;1-10-3-6-12(7-4-10)13-8-5-11(2)9-14-13;/h5-16,18-21H,1-4H3;3-6,8-9H,1-2H3;/q2*-1;. The number of nitrogens with zero attached hydrogens (tertiary/aromatic N) is 2. The Kier molecular flexibility index (Phi) is 11.1. The van der Waals surface area contributed by atoms with Crippen LogP contribution in [0.2, 0.25) is 0 Å². The van der Waals surface area contributed by atoms with E-state index in [0.29, 0.717) is 0 Å². The molecule has 0 aliphatic carbocycles. The molecule has 0 fully saturated rings. The van der Waals surface area contributed by atoms with Gasteiger partial charge in [-0.2, -0.15) is 0 Å². The van der Waals surface area contributed by atoms with E-state index >= 15 is 0 Å². The monoisotopic (exact) mass is 853 g/mol. The first-order chi connectivity index (χ1) is 24.8. The van der Waals surface area contributed by atoms with Crippen LogP contribution in [-0.4, -0.2) is 9.97 Å². The van der Waals surface area contributed by atoms with Crippen LogP contribution >= 0.6 is 0 Å². The molecule has 259 valence electrons. The van der Waals surface area contributed by atoms with E-state index in [0.717, 1.165) is 55.9 Å². The van der Waals surface area contributed by atoms with Gasteiger partial charge in [-0.1, -0.05) is 85.8 Å². The molecular weight excluding hydrogens is 813 g/mol. The smallest absolute Gasteiger partial charge is 0.138 e. The van der Waals surface area contributed by atoms with Crippen molar-refractivity contribution < 1.29 is 24.5 Å². The van der Waals surface area contributed by atoms with E-state index in [1.165, 1.54) is 44.5 Å². The van der Waals surface area contributed by atoms with Gasteiger partial charge in [0.25, 0.3) is 0 Å². The van der Waals surface area contributed by atoms with Crippen molar-refractivity contribution in [3.63, 3.8) is 0 Å². The SMILES string of the molecule is Cc1c[c-]c(-c2ccc(C)cn2)cc1.Cc1cc(-c2[c-]ccc(-c3cc4c(C)c(-c5ccccc5)oc4c(C)c3C)c2)ncc1-c1ccccc1.[Ir]. The minimum Gasteiger partial charge on any atom is -0.456 e. The van der Waals surface area contributed by atoms with Crippen molar-refractivity contribution in [3.05, 3.63) is 179 Å². The van der Waals surface area contributed by atoms with Crippen LogP contribution in [0.25, 0.3) is 67.1 Å². The molecule has 0 saturated carbocycles. The van der Waals surface area contributed by atoms with Crippen LogP contribution in [0.4, 0.5) is 0 Å². The normalized spacial score (nSPS) is 10.7. The summed E-state index contributed by atoms with van der Waals surface area (Å²) in [4.78, 5) is 9.16. The number of fused-ring (bicyclic) bond motifs is 1. The van der Waals surface area contributed by atoms with Gasteiger partial charge in [-0.3, -0.25) is 0 Å². The van der Waals surface area contributed by atoms with Gasteiger partial charge in [0.15, 0.2) is 0 Å². The first-order valence-corrected chi connectivity index (χ1v) is 17.3. The zero-order valence-corrected chi connectivity index (χ0v) is 32.7. The predicted octanol–water partition coefficient (Wildman–Crippen LogP) is 12.7. The first-order valence-electron chi connectivity index (χ1n) is 17.3. The largest absolute Gasteiger partial charge is 0.456 e. The molecule has 8 rings (SSSR count). The van der Waals surface area contributed by atoms with Crippen molar-refractivity contribution in [2.24, 2.45) is 0 Å². The van der Waals surface area contributed by atoms with Crippen LogP contribution < -0.4 is 0 Å². The Morgan fingerprint density at radius 2 is 1.21 bits per heavy atom. The van der Waals surface area contributed by atoms with Crippen molar-refractivity contribution >= 4 is 11.0 Å². The molecule has 4 heteroatoms. The molecule has 0 N–H and O–H groups in total. The maximum Gasteiger partial charge on any atom is 0.138 e. The average molecular weight is 853 g/mol. The van der Waals surface area contributed by atoms with E-state index in [1.807, 2.05) is 55.7 Å². The molecule has 52 heavy (non-hydrogen) atoms. The minimum absolute atomic E-state index is 0. The number of rotatable bonds is 5. The van der Waals surface area contributed by atoms with Crippen LogP contribution in [0, 0.1) is 53.7 Å². The van der Waals surface area contributed by atoms with Gasteiger partial charge in [-0.05, 0) is 85.5 Å². The number of benzene rings is 5. The van der Waals surface area contributed by atoms with Crippen LogP contribution in [-0.2, 0) is 20.1 Å². The van der Waals surface area contributed by atoms with Crippen LogP contribution in [0.15, 0.2) is 138 Å². The van der Waals surface area contributed by atoms with Crippen molar-refractivity contribution in [1.29, 1.82) is 0 Å². The second-order valence-electron chi connectivity index (χ2n) is 13.2. The molecule has 3 heterocycles. The molecule has 0 bridgehead atoms. The fourth-order valence-corrected chi connectivity index (χ4v) is 6.46. The Morgan fingerprint density at radius 3 is 1.87 bits per heavy atom. The van der Waals surface area contributed by atoms with Gasteiger partial charge in [0.2, 0.25) is 0 Å². The molecule has 0 aliphatic heterocycles. The molecule has 3 nitrogen and oxygen atoms in total. The molecule has 0 saturated heterocycles. The number of furan rings is 1. The summed E-state index contributed by atoms with van der Waals surface area (Å²) in [7, 11) is 0. The summed E-state index contributed by atoms with van der Waals surface area (Å²) in [6, 6.07) is 48.3. The average Bonchev–Trinajstić information content (AvgIpc) is 3.50. The molecule has 1 radical (unpaired) electrons. The van der Waals surface area contributed by atoms with Gasteiger partial charge in [0.05, 0.1) is 0 Å². The number of aryl methyl sites for hydroxylation is 5. The molecule has 0 amide bonds. The fourth-order valence-electron chi connectivity index (χ4n) is 6.46. The predicted molar refractivity (Wildman–Crippen MR) is 212 cm³/mol. The van der Waals surface area contributed by atoms with Gasteiger partial charge in [-0.25, -0.2) is 0 Å². The molecule has 0 aliphatic rings. The van der Waals surface area contributed by atoms with E-state index in [-0.39, 0.29) is 20.1 Å². The fraction of sp³-hybridized carbons (Fsp3) is 0.125. The maximum atomic E-state index is 6.43. The van der Waals surface area contributed by atoms with Gasteiger partial charge in [-0.15, -0.1) is 70.8 Å².